The molecular formula is C24H34FN3O2. The lowest BCUT2D eigenvalue weighted by Gasteiger charge is -2.38. The second-order valence-electron chi connectivity index (χ2n) is 9.38. The summed E-state index contributed by atoms with van der Waals surface area (Å²) in [5.41, 5.74) is 0.121. The number of benzene rings is 1. The molecule has 4 rings (SSSR count). The van der Waals surface area contributed by atoms with Crippen LogP contribution in [0.5, 0.6) is 0 Å². The van der Waals surface area contributed by atoms with Gasteiger partial charge >= 0.3 is 0 Å². The number of rotatable bonds is 7. The molecule has 0 atom stereocenters. The number of likely N-dealkylation sites (tertiary alicyclic amines) is 1. The maximum atomic E-state index is 15.4. The largest absolute Gasteiger partial charge is 0.381 e. The maximum absolute atomic E-state index is 15.4. The summed E-state index contributed by atoms with van der Waals surface area (Å²) in [7, 11) is 0. The molecule has 1 aromatic heterocycles. The number of piperidine rings is 1. The lowest BCUT2D eigenvalue weighted by Crippen LogP contribution is -2.44. The molecule has 0 spiro atoms. The minimum Gasteiger partial charge on any atom is -0.381 e. The Labute approximate surface area is 178 Å². The first-order valence-electron chi connectivity index (χ1n) is 11.4. The Balaban J connectivity index is 1.32. The van der Waals surface area contributed by atoms with Crippen molar-refractivity contribution in [2.24, 2.45) is 5.92 Å². The predicted octanol–water partition coefficient (Wildman–Crippen LogP) is 4.81. The van der Waals surface area contributed by atoms with E-state index in [1.807, 2.05) is 29.1 Å². The number of nitrogens with zero attached hydrogens (tertiary/aromatic N) is 3. The highest BCUT2D eigenvalue weighted by Gasteiger charge is 2.35. The van der Waals surface area contributed by atoms with Gasteiger partial charge in [-0.1, -0.05) is 12.1 Å². The summed E-state index contributed by atoms with van der Waals surface area (Å²) in [6, 6.07) is 5.93. The van der Waals surface area contributed by atoms with Crippen LogP contribution in [-0.4, -0.2) is 59.0 Å². The highest BCUT2D eigenvalue weighted by atomic mass is 19.1. The van der Waals surface area contributed by atoms with Crippen LogP contribution in [0, 0.1) is 5.92 Å². The highest BCUT2D eigenvalue weighted by Crippen LogP contribution is 2.33. The third-order valence-electron chi connectivity index (χ3n) is 6.79. The Bertz CT molecular complexity index is 864. The van der Waals surface area contributed by atoms with Crippen LogP contribution in [-0.2, 0) is 4.74 Å². The van der Waals surface area contributed by atoms with E-state index in [1.165, 1.54) is 0 Å². The summed E-state index contributed by atoms with van der Waals surface area (Å²) in [4.78, 5) is 15.3. The molecule has 30 heavy (non-hydrogen) atoms. The summed E-state index contributed by atoms with van der Waals surface area (Å²) in [6.45, 7) is 8.47. The van der Waals surface area contributed by atoms with E-state index in [2.05, 4.69) is 23.8 Å². The standard InChI is InChI=1S/C24H34FN3O2/c1-18(2)28-17-20-4-3-5-21(23(20)26-28)22(29)6-9-24(25)10-12-27(13-11-24)16-19-7-14-30-15-8-19/h3-5,17-19H,6-16H2,1-2H3. The normalized spacial score (nSPS) is 20.8. The van der Waals surface area contributed by atoms with E-state index < -0.39 is 5.67 Å². The Morgan fingerprint density at radius 2 is 2.00 bits per heavy atom. The third kappa shape index (κ3) is 4.92. The fourth-order valence-electron chi connectivity index (χ4n) is 4.71. The zero-order valence-corrected chi connectivity index (χ0v) is 18.3. The quantitative estimate of drug-likeness (QED) is 0.609. The number of aromatic nitrogens is 2. The molecule has 0 radical (unpaired) electrons. The van der Waals surface area contributed by atoms with Gasteiger partial charge in [-0.25, -0.2) is 4.39 Å². The van der Waals surface area contributed by atoms with Crippen LogP contribution < -0.4 is 0 Å². The molecule has 0 saturated carbocycles. The first-order chi connectivity index (χ1) is 14.4. The number of carbonyl (C=O) groups excluding carboxylic acids is 1. The van der Waals surface area contributed by atoms with E-state index in [4.69, 9.17) is 4.74 Å². The molecule has 2 aliphatic rings. The lowest BCUT2D eigenvalue weighted by molar-refractivity contribution is 0.0202. The van der Waals surface area contributed by atoms with E-state index in [9.17, 15) is 4.79 Å². The molecule has 0 amide bonds. The van der Waals surface area contributed by atoms with Crippen molar-refractivity contribution >= 4 is 16.7 Å². The van der Waals surface area contributed by atoms with Gasteiger partial charge in [0.2, 0.25) is 0 Å². The monoisotopic (exact) mass is 415 g/mol. The number of ketones is 1. The SMILES string of the molecule is CC(C)n1cc2cccc(C(=O)CCC3(F)CCN(CC4CCOCC4)CC3)c2n1. The van der Waals surface area contributed by atoms with Crippen molar-refractivity contribution in [1.82, 2.24) is 14.7 Å². The topological polar surface area (TPSA) is 47.4 Å². The van der Waals surface area contributed by atoms with Gasteiger partial charge in [0.15, 0.2) is 5.78 Å². The van der Waals surface area contributed by atoms with Crippen LogP contribution >= 0.6 is 0 Å². The van der Waals surface area contributed by atoms with Gasteiger partial charge in [-0.15, -0.1) is 0 Å². The Kier molecular flexibility index (Phi) is 6.54. The molecule has 3 heterocycles. The van der Waals surface area contributed by atoms with Crippen molar-refractivity contribution in [2.45, 2.75) is 64.1 Å². The molecule has 1 aromatic carbocycles. The highest BCUT2D eigenvalue weighted by molar-refractivity contribution is 6.06. The predicted molar refractivity (Wildman–Crippen MR) is 117 cm³/mol. The third-order valence-corrected chi connectivity index (χ3v) is 6.79. The van der Waals surface area contributed by atoms with Crippen molar-refractivity contribution in [3.8, 4) is 0 Å². The van der Waals surface area contributed by atoms with Crippen LogP contribution in [0.3, 0.4) is 0 Å². The summed E-state index contributed by atoms with van der Waals surface area (Å²) >= 11 is 0. The number of halogens is 1. The number of carbonyl (C=O) groups is 1. The fraction of sp³-hybridized carbons (Fsp3) is 0.667. The number of fused-ring (bicyclic) bond motifs is 1. The number of ether oxygens (including phenoxy) is 1. The molecule has 164 valence electrons. The minimum absolute atomic E-state index is 0.00346. The first-order valence-corrected chi connectivity index (χ1v) is 11.4. The number of alkyl halides is 1. The van der Waals surface area contributed by atoms with Crippen molar-refractivity contribution in [3.63, 3.8) is 0 Å². The van der Waals surface area contributed by atoms with Gasteiger partial charge in [-0.2, -0.15) is 5.10 Å². The van der Waals surface area contributed by atoms with Gasteiger partial charge < -0.3 is 9.64 Å². The number of Topliss-reactive ketones (excluding diaryl/α,β-unsaturated/α-hetero) is 1. The summed E-state index contributed by atoms with van der Waals surface area (Å²) in [6.07, 6.45) is 5.79. The zero-order chi connectivity index (χ0) is 21.1. The summed E-state index contributed by atoms with van der Waals surface area (Å²) in [5, 5.41) is 5.56. The average Bonchev–Trinajstić information content (AvgIpc) is 3.20. The van der Waals surface area contributed by atoms with E-state index in [1.54, 1.807) is 0 Å². The molecule has 2 aromatic rings. The molecule has 6 heteroatoms. The molecule has 0 unspecified atom stereocenters. The molecule has 2 fully saturated rings. The lowest BCUT2D eigenvalue weighted by atomic mass is 9.86. The summed E-state index contributed by atoms with van der Waals surface area (Å²) < 4.78 is 22.7. The zero-order valence-electron chi connectivity index (χ0n) is 18.3. The van der Waals surface area contributed by atoms with Gasteiger partial charge in [-0.3, -0.25) is 9.48 Å². The van der Waals surface area contributed by atoms with Crippen LogP contribution in [0.15, 0.2) is 24.4 Å². The van der Waals surface area contributed by atoms with Gasteiger partial charge in [0, 0.05) is 62.5 Å². The first kappa shape index (κ1) is 21.4. The van der Waals surface area contributed by atoms with Crippen molar-refractivity contribution in [3.05, 3.63) is 30.0 Å². The van der Waals surface area contributed by atoms with Crippen LogP contribution in [0.4, 0.5) is 4.39 Å². The van der Waals surface area contributed by atoms with Gasteiger partial charge in [0.1, 0.15) is 11.2 Å². The average molecular weight is 416 g/mol. The van der Waals surface area contributed by atoms with Crippen LogP contribution in [0.1, 0.15) is 68.8 Å². The Morgan fingerprint density at radius 3 is 2.70 bits per heavy atom. The van der Waals surface area contributed by atoms with Crippen LogP contribution in [0.25, 0.3) is 10.9 Å². The van der Waals surface area contributed by atoms with Crippen molar-refractivity contribution in [2.75, 3.05) is 32.8 Å². The number of hydrogen-bond donors (Lipinski definition) is 0. The minimum atomic E-state index is -1.23. The molecule has 5 nitrogen and oxygen atoms in total. The van der Waals surface area contributed by atoms with Gasteiger partial charge in [-0.05, 0) is 57.9 Å². The second-order valence-corrected chi connectivity index (χ2v) is 9.38. The van der Waals surface area contributed by atoms with E-state index in [0.29, 0.717) is 30.7 Å². The van der Waals surface area contributed by atoms with E-state index >= 15 is 4.39 Å². The Hall–Kier alpha value is -1.79. The molecule has 0 aliphatic carbocycles. The molecule has 0 N–H and O–H groups in total. The van der Waals surface area contributed by atoms with Gasteiger partial charge in [0.25, 0.3) is 0 Å². The molecular weight excluding hydrogens is 381 g/mol. The van der Waals surface area contributed by atoms with E-state index in [0.717, 1.165) is 56.6 Å². The molecule has 0 bridgehead atoms. The van der Waals surface area contributed by atoms with Crippen molar-refractivity contribution < 1.29 is 13.9 Å². The van der Waals surface area contributed by atoms with Crippen molar-refractivity contribution in [1.29, 1.82) is 0 Å². The van der Waals surface area contributed by atoms with E-state index in [-0.39, 0.29) is 18.2 Å². The summed E-state index contributed by atoms with van der Waals surface area (Å²) in [5.74, 6) is 0.676. The van der Waals surface area contributed by atoms with Gasteiger partial charge in [0.05, 0.1) is 0 Å². The maximum Gasteiger partial charge on any atom is 0.165 e. The number of hydrogen-bond acceptors (Lipinski definition) is 4. The molecule has 2 saturated heterocycles. The Morgan fingerprint density at radius 1 is 1.27 bits per heavy atom. The van der Waals surface area contributed by atoms with Crippen LogP contribution in [0.2, 0.25) is 0 Å². The fourth-order valence-corrected chi connectivity index (χ4v) is 4.71. The smallest absolute Gasteiger partial charge is 0.165 e. The molecule has 2 aliphatic heterocycles. The second kappa shape index (κ2) is 9.15.